The fourth-order valence-corrected chi connectivity index (χ4v) is 4.66. The maximum atomic E-state index is 6.77. The van der Waals surface area contributed by atoms with Crippen molar-refractivity contribution in [2.24, 2.45) is 0 Å². The van der Waals surface area contributed by atoms with Gasteiger partial charge in [0.15, 0.2) is 20.4 Å². The molecule has 2 aliphatic rings. The fraction of sp³-hybridized carbons (Fsp3) is 0.810. The van der Waals surface area contributed by atoms with Crippen molar-refractivity contribution in [1.82, 2.24) is 0 Å². The molecule has 2 rings (SSSR count). The van der Waals surface area contributed by atoms with Crippen LogP contribution in [0, 0.1) is 0 Å². The largest absolute Gasteiger partial charge is 0.411 e. The maximum absolute atomic E-state index is 6.77. The zero-order valence-electron chi connectivity index (χ0n) is 18.1. The van der Waals surface area contributed by atoms with Gasteiger partial charge in [-0.15, -0.1) is 13.2 Å². The van der Waals surface area contributed by atoms with E-state index in [-0.39, 0.29) is 29.5 Å². The van der Waals surface area contributed by atoms with Crippen molar-refractivity contribution in [1.29, 1.82) is 0 Å². The molecule has 0 aliphatic carbocycles. The second-order valence-corrected chi connectivity index (χ2v) is 14.2. The summed E-state index contributed by atoms with van der Waals surface area (Å²) >= 11 is 0. The van der Waals surface area contributed by atoms with E-state index >= 15 is 0 Å². The minimum absolute atomic E-state index is 0.0976. The van der Waals surface area contributed by atoms with Crippen LogP contribution in [0.2, 0.25) is 18.1 Å². The molecule has 0 aromatic carbocycles. The summed E-state index contributed by atoms with van der Waals surface area (Å²) in [4.78, 5) is 0. The molecule has 2 saturated heterocycles. The van der Waals surface area contributed by atoms with E-state index in [0.29, 0.717) is 6.61 Å². The highest BCUT2D eigenvalue weighted by molar-refractivity contribution is 6.74. The van der Waals surface area contributed by atoms with E-state index in [1.807, 2.05) is 19.9 Å². The standard InChI is InChI=1S/C21H38O5Si/c1-10-12-13-15(26-27(8,9)20(3,4)5)16-17(22-14-11-2)18-19(23-16)25-21(6,7)24-18/h10-11,15-19H,1-2,12-14H2,3-9H3/t15-,16+,17-,18+,19+/m0/s1. The van der Waals surface area contributed by atoms with E-state index in [4.69, 9.17) is 23.4 Å². The van der Waals surface area contributed by atoms with Gasteiger partial charge in [0.2, 0.25) is 0 Å². The maximum Gasteiger partial charge on any atom is 0.192 e. The summed E-state index contributed by atoms with van der Waals surface area (Å²) in [5, 5.41) is 0.111. The molecule has 156 valence electrons. The molecular formula is C21H38O5Si. The van der Waals surface area contributed by atoms with E-state index in [9.17, 15) is 0 Å². The minimum atomic E-state index is -1.98. The molecule has 0 bridgehead atoms. The molecule has 6 heteroatoms. The van der Waals surface area contributed by atoms with Crippen molar-refractivity contribution in [3.05, 3.63) is 25.3 Å². The molecule has 0 saturated carbocycles. The van der Waals surface area contributed by atoms with Crippen molar-refractivity contribution in [2.45, 2.75) is 102 Å². The summed E-state index contributed by atoms with van der Waals surface area (Å²) in [6.07, 6.45) is 4.06. The van der Waals surface area contributed by atoms with E-state index in [0.717, 1.165) is 12.8 Å². The Balaban J connectivity index is 2.24. The van der Waals surface area contributed by atoms with Crippen molar-refractivity contribution < 1.29 is 23.4 Å². The van der Waals surface area contributed by atoms with Gasteiger partial charge in [0.25, 0.3) is 0 Å². The van der Waals surface area contributed by atoms with Gasteiger partial charge < -0.3 is 23.4 Å². The van der Waals surface area contributed by atoms with E-state index in [2.05, 4.69) is 47.0 Å². The number of ether oxygens (including phenoxy) is 4. The number of fused-ring (bicyclic) bond motifs is 1. The minimum Gasteiger partial charge on any atom is -0.411 e. The normalized spacial score (nSPS) is 31.5. The summed E-state index contributed by atoms with van der Waals surface area (Å²) in [7, 11) is -1.98. The summed E-state index contributed by atoms with van der Waals surface area (Å²) in [6, 6.07) is 0. The second-order valence-electron chi connectivity index (χ2n) is 9.44. The summed E-state index contributed by atoms with van der Waals surface area (Å²) < 4.78 is 31.2. The molecule has 2 fully saturated rings. The van der Waals surface area contributed by atoms with Gasteiger partial charge in [-0.25, -0.2) is 0 Å². The van der Waals surface area contributed by atoms with Crippen molar-refractivity contribution in [3.8, 4) is 0 Å². The van der Waals surface area contributed by atoms with Crippen LogP contribution < -0.4 is 0 Å². The molecule has 0 radical (unpaired) electrons. The molecule has 2 heterocycles. The zero-order chi connectivity index (χ0) is 20.5. The van der Waals surface area contributed by atoms with Crippen molar-refractivity contribution in [2.75, 3.05) is 6.61 Å². The Morgan fingerprint density at radius 1 is 1.15 bits per heavy atom. The SMILES string of the molecule is C=CCC[C@H](O[Si](C)(C)C(C)(C)C)[C@H]1O[C@@H]2OC(C)(C)O[C@@H]2[C@H]1OCC=C. The van der Waals surface area contributed by atoms with Gasteiger partial charge in [-0.1, -0.05) is 32.9 Å². The van der Waals surface area contributed by atoms with E-state index < -0.39 is 20.4 Å². The van der Waals surface area contributed by atoms with E-state index in [1.54, 1.807) is 6.08 Å². The summed E-state index contributed by atoms with van der Waals surface area (Å²) in [6.45, 7) is 23.1. The fourth-order valence-electron chi connectivity index (χ4n) is 3.30. The highest BCUT2D eigenvalue weighted by Crippen LogP contribution is 2.43. The Morgan fingerprint density at radius 3 is 2.37 bits per heavy atom. The van der Waals surface area contributed by atoms with Crippen LogP contribution >= 0.6 is 0 Å². The molecule has 0 aromatic heterocycles. The summed E-state index contributed by atoms with van der Waals surface area (Å²) in [5.74, 6) is -0.674. The first-order valence-corrected chi connectivity index (χ1v) is 12.8. The van der Waals surface area contributed by atoms with Gasteiger partial charge >= 0.3 is 0 Å². The quantitative estimate of drug-likeness (QED) is 0.413. The molecule has 27 heavy (non-hydrogen) atoms. The molecule has 0 N–H and O–H groups in total. The van der Waals surface area contributed by atoms with Gasteiger partial charge in [0.1, 0.15) is 18.3 Å². The predicted octanol–water partition coefficient (Wildman–Crippen LogP) is 4.79. The molecule has 5 nitrogen and oxygen atoms in total. The van der Waals surface area contributed by atoms with Crippen LogP contribution in [0.5, 0.6) is 0 Å². The molecule has 0 amide bonds. The third-order valence-electron chi connectivity index (χ3n) is 5.71. The second kappa shape index (κ2) is 8.47. The highest BCUT2D eigenvalue weighted by Gasteiger charge is 2.58. The average molecular weight is 399 g/mol. The number of allylic oxidation sites excluding steroid dienone is 1. The Morgan fingerprint density at radius 2 is 1.81 bits per heavy atom. The molecule has 2 aliphatic heterocycles. The number of hydrogen-bond donors (Lipinski definition) is 0. The van der Waals surface area contributed by atoms with Crippen molar-refractivity contribution in [3.63, 3.8) is 0 Å². The lowest BCUT2D eigenvalue weighted by atomic mass is 10.0. The first-order valence-electron chi connectivity index (χ1n) is 9.94. The third-order valence-corrected chi connectivity index (χ3v) is 10.2. The van der Waals surface area contributed by atoms with Crippen molar-refractivity contribution >= 4 is 8.32 Å². The van der Waals surface area contributed by atoms with Crippen LogP contribution in [0.25, 0.3) is 0 Å². The van der Waals surface area contributed by atoms with Crippen LogP contribution in [-0.4, -0.2) is 51.4 Å². The number of rotatable bonds is 9. The predicted molar refractivity (Wildman–Crippen MR) is 110 cm³/mol. The lowest BCUT2D eigenvalue weighted by Gasteiger charge is -2.41. The molecule has 5 atom stereocenters. The molecule has 0 aromatic rings. The van der Waals surface area contributed by atoms with E-state index in [1.165, 1.54) is 0 Å². The first-order chi connectivity index (χ1) is 12.4. The lowest BCUT2D eigenvalue weighted by Crippen LogP contribution is -2.51. The highest BCUT2D eigenvalue weighted by atomic mass is 28.4. The van der Waals surface area contributed by atoms with Crippen LogP contribution in [0.15, 0.2) is 25.3 Å². The topological polar surface area (TPSA) is 46.2 Å². The van der Waals surface area contributed by atoms with Gasteiger partial charge in [-0.05, 0) is 44.8 Å². The smallest absolute Gasteiger partial charge is 0.192 e. The Bertz CT molecular complexity index is 525. The van der Waals surface area contributed by atoms with Gasteiger partial charge in [-0.2, -0.15) is 0 Å². The van der Waals surface area contributed by atoms with Crippen LogP contribution in [0.4, 0.5) is 0 Å². The third kappa shape index (κ3) is 5.31. The van der Waals surface area contributed by atoms with Crippen LogP contribution in [-0.2, 0) is 23.4 Å². The number of hydrogen-bond acceptors (Lipinski definition) is 5. The Hall–Kier alpha value is -0.503. The zero-order valence-corrected chi connectivity index (χ0v) is 19.1. The average Bonchev–Trinajstić information content (AvgIpc) is 3.00. The lowest BCUT2D eigenvalue weighted by molar-refractivity contribution is -0.228. The monoisotopic (exact) mass is 398 g/mol. The molecule has 0 unspecified atom stereocenters. The van der Waals surface area contributed by atoms with Gasteiger partial charge in [0, 0.05) is 0 Å². The van der Waals surface area contributed by atoms with Gasteiger partial charge in [0.05, 0.1) is 12.7 Å². The van der Waals surface area contributed by atoms with Crippen LogP contribution in [0.1, 0.15) is 47.5 Å². The summed E-state index contributed by atoms with van der Waals surface area (Å²) in [5.41, 5.74) is 0. The van der Waals surface area contributed by atoms with Crippen LogP contribution in [0.3, 0.4) is 0 Å². The Labute approximate surface area is 166 Å². The molecule has 0 spiro atoms. The first kappa shape index (κ1) is 22.8. The molecular weight excluding hydrogens is 360 g/mol. The van der Waals surface area contributed by atoms with Gasteiger partial charge in [-0.3, -0.25) is 0 Å². The Kier molecular flexibility index (Phi) is 7.15.